The van der Waals surface area contributed by atoms with Crippen LogP contribution in [-0.2, 0) is 6.54 Å². The molecule has 1 aromatic carbocycles. The minimum atomic E-state index is 0.624. The highest BCUT2D eigenvalue weighted by Gasteiger charge is 2.07. The van der Waals surface area contributed by atoms with Crippen LogP contribution < -0.4 is 10.1 Å². The second kappa shape index (κ2) is 4.70. The van der Waals surface area contributed by atoms with Gasteiger partial charge in [0, 0.05) is 12.1 Å². The molecule has 1 N–H and O–H groups in total. The van der Waals surface area contributed by atoms with Gasteiger partial charge in [0.05, 0.1) is 17.2 Å². The Bertz CT molecular complexity index is 279. The maximum Gasteiger partial charge on any atom is 0.121 e. The molecule has 0 amide bonds. The molecule has 2 nitrogen and oxygen atoms in total. The van der Waals surface area contributed by atoms with Crippen molar-refractivity contribution in [3.8, 4) is 5.75 Å². The summed E-state index contributed by atoms with van der Waals surface area (Å²) in [6.45, 7) is 0.654. The standard InChI is InChI=1S/C9H11Cl2NO/c1-12-5-7-8(10)3-6(13-2)4-9(7)11/h3-4,12H,5H2,1-2H3. The molecule has 0 aromatic heterocycles. The first-order chi connectivity index (χ1) is 6.19. The third kappa shape index (κ3) is 2.50. The molecule has 0 heterocycles. The van der Waals surface area contributed by atoms with E-state index in [4.69, 9.17) is 27.9 Å². The number of hydrogen-bond acceptors (Lipinski definition) is 2. The van der Waals surface area contributed by atoms with Crippen LogP contribution in [0.2, 0.25) is 10.0 Å². The third-order valence-electron chi connectivity index (χ3n) is 1.70. The van der Waals surface area contributed by atoms with E-state index in [0.717, 1.165) is 5.56 Å². The summed E-state index contributed by atoms with van der Waals surface area (Å²) in [6, 6.07) is 3.50. The Morgan fingerprint density at radius 3 is 2.23 bits per heavy atom. The van der Waals surface area contributed by atoms with Crippen molar-refractivity contribution >= 4 is 23.2 Å². The molecule has 0 atom stereocenters. The molecule has 0 unspecified atom stereocenters. The predicted octanol–water partition coefficient (Wildman–Crippen LogP) is 2.72. The average molecular weight is 220 g/mol. The van der Waals surface area contributed by atoms with Crippen molar-refractivity contribution in [2.45, 2.75) is 6.54 Å². The maximum atomic E-state index is 5.99. The fraction of sp³-hybridized carbons (Fsp3) is 0.333. The van der Waals surface area contributed by atoms with Gasteiger partial charge in [-0.25, -0.2) is 0 Å². The quantitative estimate of drug-likeness (QED) is 0.845. The molecule has 1 aromatic rings. The van der Waals surface area contributed by atoms with Crippen LogP contribution in [0.3, 0.4) is 0 Å². The first-order valence-electron chi connectivity index (χ1n) is 3.85. The van der Waals surface area contributed by atoms with E-state index in [2.05, 4.69) is 5.32 Å². The van der Waals surface area contributed by atoms with Gasteiger partial charge in [-0.15, -0.1) is 0 Å². The van der Waals surface area contributed by atoms with Crippen molar-refractivity contribution in [3.63, 3.8) is 0 Å². The van der Waals surface area contributed by atoms with E-state index >= 15 is 0 Å². The van der Waals surface area contributed by atoms with Crippen LogP contribution >= 0.6 is 23.2 Å². The first kappa shape index (κ1) is 10.6. The number of ether oxygens (including phenoxy) is 1. The average Bonchev–Trinajstić information content (AvgIpc) is 2.11. The van der Waals surface area contributed by atoms with E-state index < -0.39 is 0 Å². The van der Waals surface area contributed by atoms with Crippen LogP contribution in [0.25, 0.3) is 0 Å². The highest BCUT2D eigenvalue weighted by molar-refractivity contribution is 6.36. The van der Waals surface area contributed by atoms with E-state index in [1.807, 2.05) is 7.05 Å². The highest BCUT2D eigenvalue weighted by atomic mass is 35.5. The van der Waals surface area contributed by atoms with Crippen LogP contribution in [0.15, 0.2) is 12.1 Å². The summed E-state index contributed by atoms with van der Waals surface area (Å²) in [6.07, 6.45) is 0. The fourth-order valence-corrected chi connectivity index (χ4v) is 1.64. The molecule has 0 spiro atoms. The molecule has 0 saturated carbocycles. The fourth-order valence-electron chi connectivity index (χ4n) is 1.04. The zero-order valence-electron chi connectivity index (χ0n) is 7.53. The topological polar surface area (TPSA) is 21.3 Å². The van der Waals surface area contributed by atoms with Gasteiger partial charge in [-0.05, 0) is 19.2 Å². The summed E-state index contributed by atoms with van der Waals surface area (Å²) >= 11 is 12.0. The summed E-state index contributed by atoms with van der Waals surface area (Å²) in [4.78, 5) is 0. The largest absolute Gasteiger partial charge is 0.497 e. The van der Waals surface area contributed by atoms with Gasteiger partial charge in [-0.1, -0.05) is 23.2 Å². The smallest absolute Gasteiger partial charge is 0.121 e. The molecular weight excluding hydrogens is 209 g/mol. The highest BCUT2D eigenvalue weighted by Crippen LogP contribution is 2.29. The molecule has 0 radical (unpaired) electrons. The van der Waals surface area contributed by atoms with Crippen molar-refractivity contribution in [2.75, 3.05) is 14.2 Å². The van der Waals surface area contributed by atoms with Crippen molar-refractivity contribution in [2.24, 2.45) is 0 Å². The lowest BCUT2D eigenvalue weighted by atomic mass is 10.2. The van der Waals surface area contributed by atoms with Crippen LogP contribution in [0.4, 0.5) is 0 Å². The van der Waals surface area contributed by atoms with Gasteiger partial charge in [0.25, 0.3) is 0 Å². The van der Waals surface area contributed by atoms with Gasteiger partial charge in [0.15, 0.2) is 0 Å². The molecule has 4 heteroatoms. The Labute approximate surface area is 87.8 Å². The van der Waals surface area contributed by atoms with Crippen molar-refractivity contribution in [1.82, 2.24) is 5.32 Å². The molecule has 0 aliphatic heterocycles. The Balaban J connectivity index is 3.07. The van der Waals surface area contributed by atoms with E-state index in [0.29, 0.717) is 22.3 Å². The van der Waals surface area contributed by atoms with Crippen LogP contribution in [0.5, 0.6) is 5.75 Å². The lowest BCUT2D eigenvalue weighted by molar-refractivity contribution is 0.414. The molecule has 0 aliphatic carbocycles. The van der Waals surface area contributed by atoms with Crippen LogP contribution in [-0.4, -0.2) is 14.2 Å². The lowest BCUT2D eigenvalue weighted by Gasteiger charge is -2.08. The molecule has 0 saturated heterocycles. The number of methoxy groups -OCH3 is 1. The summed E-state index contributed by atoms with van der Waals surface area (Å²) in [5.74, 6) is 0.676. The minimum absolute atomic E-state index is 0.624. The van der Waals surface area contributed by atoms with E-state index in [-0.39, 0.29) is 0 Å². The summed E-state index contributed by atoms with van der Waals surface area (Å²) in [7, 11) is 3.43. The molecule has 1 rings (SSSR count). The number of hydrogen-bond donors (Lipinski definition) is 1. The zero-order valence-corrected chi connectivity index (χ0v) is 9.04. The second-order valence-electron chi connectivity index (χ2n) is 2.60. The molecule has 0 bridgehead atoms. The predicted molar refractivity (Wildman–Crippen MR) is 55.8 cm³/mol. The number of halogens is 2. The molecule has 13 heavy (non-hydrogen) atoms. The van der Waals surface area contributed by atoms with E-state index in [1.165, 1.54) is 0 Å². The van der Waals surface area contributed by atoms with Gasteiger partial charge in [-0.2, -0.15) is 0 Å². The summed E-state index contributed by atoms with van der Waals surface area (Å²) in [5, 5.41) is 4.24. The minimum Gasteiger partial charge on any atom is -0.497 e. The Morgan fingerprint density at radius 2 is 1.85 bits per heavy atom. The normalized spacial score (nSPS) is 10.2. The van der Waals surface area contributed by atoms with Crippen LogP contribution in [0.1, 0.15) is 5.56 Å². The molecule has 72 valence electrons. The SMILES string of the molecule is CNCc1c(Cl)cc(OC)cc1Cl. The molecular formula is C9H11Cl2NO. The summed E-state index contributed by atoms with van der Waals surface area (Å²) < 4.78 is 5.02. The Hall–Kier alpha value is -0.440. The number of rotatable bonds is 3. The Morgan fingerprint density at radius 1 is 1.31 bits per heavy atom. The van der Waals surface area contributed by atoms with Crippen molar-refractivity contribution in [3.05, 3.63) is 27.7 Å². The Kier molecular flexibility index (Phi) is 3.85. The van der Waals surface area contributed by atoms with Crippen molar-refractivity contribution < 1.29 is 4.74 Å². The van der Waals surface area contributed by atoms with Crippen molar-refractivity contribution in [1.29, 1.82) is 0 Å². The second-order valence-corrected chi connectivity index (χ2v) is 3.41. The third-order valence-corrected chi connectivity index (χ3v) is 2.38. The first-order valence-corrected chi connectivity index (χ1v) is 4.61. The van der Waals surface area contributed by atoms with Gasteiger partial charge in [0.1, 0.15) is 5.75 Å². The number of nitrogens with one attached hydrogen (secondary N) is 1. The summed E-state index contributed by atoms with van der Waals surface area (Å²) in [5.41, 5.74) is 0.895. The number of benzene rings is 1. The van der Waals surface area contributed by atoms with Gasteiger partial charge in [-0.3, -0.25) is 0 Å². The van der Waals surface area contributed by atoms with E-state index in [1.54, 1.807) is 19.2 Å². The van der Waals surface area contributed by atoms with Gasteiger partial charge >= 0.3 is 0 Å². The zero-order chi connectivity index (χ0) is 9.84. The van der Waals surface area contributed by atoms with E-state index in [9.17, 15) is 0 Å². The van der Waals surface area contributed by atoms with Gasteiger partial charge in [0.2, 0.25) is 0 Å². The maximum absolute atomic E-state index is 5.99. The monoisotopic (exact) mass is 219 g/mol. The molecule has 0 aliphatic rings. The van der Waals surface area contributed by atoms with Gasteiger partial charge < -0.3 is 10.1 Å². The van der Waals surface area contributed by atoms with Crippen LogP contribution in [0, 0.1) is 0 Å². The molecule has 0 fully saturated rings. The lowest BCUT2D eigenvalue weighted by Crippen LogP contribution is -2.06.